The highest BCUT2D eigenvalue weighted by Gasteiger charge is 2.20. The maximum atomic E-state index is 12.5. The molecule has 136 valence electrons. The van der Waals surface area contributed by atoms with Gasteiger partial charge in [-0.15, -0.1) is 0 Å². The van der Waals surface area contributed by atoms with Crippen molar-refractivity contribution in [3.63, 3.8) is 0 Å². The maximum absolute atomic E-state index is 12.5. The molecule has 0 bridgehead atoms. The third-order valence-corrected chi connectivity index (χ3v) is 4.27. The first-order valence-electron chi connectivity index (χ1n) is 8.59. The van der Waals surface area contributed by atoms with Gasteiger partial charge in [-0.3, -0.25) is 14.0 Å². The fourth-order valence-corrected chi connectivity index (χ4v) is 2.77. The number of aromatic nitrogens is 2. The van der Waals surface area contributed by atoms with Crippen LogP contribution in [-0.4, -0.2) is 51.5 Å². The molecule has 0 saturated carbocycles. The second-order valence-electron chi connectivity index (χ2n) is 6.35. The zero-order valence-electron chi connectivity index (χ0n) is 15.2. The van der Waals surface area contributed by atoms with Crippen molar-refractivity contribution in [2.75, 3.05) is 26.2 Å². The molecule has 0 aromatic carbocycles. The number of hydrogen-bond acceptors (Lipinski definition) is 5. The van der Waals surface area contributed by atoms with E-state index >= 15 is 0 Å². The molecule has 25 heavy (non-hydrogen) atoms. The van der Waals surface area contributed by atoms with Crippen LogP contribution in [0.4, 0.5) is 0 Å². The van der Waals surface area contributed by atoms with Crippen molar-refractivity contribution in [2.24, 2.45) is 5.92 Å². The van der Waals surface area contributed by atoms with Crippen LogP contribution < -0.4 is 10.9 Å². The summed E-state index contributed by atoms with van der Waals surface area (Å²) < 4.78 is 1.26. The Labute approximate surface area is 147 Å². The summed E-state index contributed by atoms with van der Waals surface area (Å²) in [7, 11) is 0. The summed E-state index contributed by atoms with van der Waals surface area (Å²) in [6, 6.07) is 3.43. The van der Waals surface area contributed by atoms with Crippen molar-refractivity contribution in [1.29, 1.82) is 0 Å². The Bertz CT molecular complexity index is 812. The molecule has 0 unspecified atom stereocenters. The number of aromatic hydroxyl groups is 1. The van der Waals surface area contributed by atoms with E-state index in [1.807, 2.05) is 13.8 Å². The van der Waals surface area contributed by atoms with E-state index in [-0.39, 0.29) is 11.5 Å². The summed E-state index contributed by atoms with van der Waals surface area (Å²) in [5, 5.41) is 12.8. The van der Waals surface area contributed by atoms with Gasteiger partial charge in [-0.05, 0) is 43.6 Å². The summed E-state index contributed by atoms with van der Waals surface area (Å²) in [4.78, 5) is 31.1. The molecule has 2 heterocycles. The molecular formula is C18H26N4O3. The number of carbonyl (C=O) groups excluding carboxylic acids is 1. The smallest absolute Gasteiger partial charge is 0.274 e. The molecule has 2 aromatic heterocycles. The highest BCUT2D eigenvalue weighted by Crippen LogP contribution is 2.12. The minimum Gasteiger partial charge on any atom is -0.493 e. The fourth-order valence-electron chi connectivity index (χ4n) is 2.77. The van der Waals surface area contributed by atoms with Gasteiger partial charge in [-0.1, -0.05) is 20.8 Å². The number of aryl methyl sites for hydroxylation is 1. The molecule has 2 aromatic rings. The molecule has 7 nitrogen and oxygen atoms in total. The van der Waals surface area contributed by atoms with Gasteiger partial charge in [-0.2, -0.15) is 4.98 Å². The summed E-state index contributed by atoms with van der Waals surface area (Å²) >= 11 is 0. The lowest BCUT2D eigenvalue weighted by Crippen LogP contribution is -2.37. The van der Waals surface area contributed by atoms with Gasteiger partial charge in [0.2, 0.25) is 5.88 Å². The van der Waals surface area contributed by atoms with Crippen LogP contribution in [-0.2, 0) is 0 Å². The molecular weight excluding hydrogens is 320 g/mol. The van der Waals surface area contributed by atoms with Gasteiger partial charge in [0.05, 0.1) is 0 Å². The van der Waals surface area contributed by atoms with E-state index in [1.165, 1.54) is 4.40 Å². The highest BCUT2D eigenvalue weighted by atomic mass is 16.3. The number of carbonyl (C=O) groups is 1. The van der Waals surface area contributed by atoms with Crippen molar-refractivity contribution in [1.82, 2.24) is 19.6 Å². The van der Waals surface area contributed by atoms with Crippen molar-refractivity contribution < 1.29 is 9.90 Å². The zero-order chi connectivity index (χ0) is 18.6. The second kappa shape index (κ2) is 8.11. The molecule has 0 aliphatic carbocycles. The van der Waals surface area contributed by atoms with Gasteiger partial charge in [0.25, 0.3) is 11.5 Å². The third-order valence-electron chi connectivity index (χ3n) is 4.27. The normalized spacial score (nSPS) is 12.5. The molecule has 0 radical (unpaired) electrons. The number of fused-ring (bicyclic) bond motifs is 1. The number of nitrogens with zero attached hydrogens (tertiary/aromatic N) is 3. The van der Waals surface area contributed by atoms with Gasteiger partial charge >= 0.3 is 0 Å². The molecule has 1 amide bonds. The molecule has 0 fully saturated rings. The van der Waals surface area contributed by atoms with E-state index in [4.69, 9.17) is 0 Å². The lowest BCUT2D eigenvalue weighted by atomic mass is 10.1. The minimum absolute atomic E-state index is 0.227. The molecule has 2 rings (SSSR count). The van der Waals surface area contributed by atoms with Gasteiger partial charge in [0.1, 0.15) is 5.65 Å². The lowest BCUT2D eigenvalue weighted by Gasteiger charge is -2.22. The third kappa shape index (κ3) is 4.36. The second-order valence-corrected chi connectivity index (χ2v) is 6.35. The van der Waals surface area contributed by atoms with Crippen LogP contribution in [0.2, 0.25) is 0 Å². The maximum Gasteiger partial charge on any atom is 0.274 e. The van der Waals surface area contributed by atoms with Gasteiger partial charge in [-0.25, -0.2) is 0 Å². The molecule has 1 atom stereocenters. The number of hydrogen-bond donors (Lipinski definition) is 2. The molecule has 0 saturated heterocycles. The van der Waals surface area contributed by atoms with Crippen LogP contribution in [0.3, 0.4) is 0 Å². The van der Waals surface area contributed by atoms with E-state index < -0.39 is 17.3 Å². The summed E-state index contributed by atoms with van der Waals surface area (Å²) in [5.41, 5.74) is 0.329. The van der Waals surface area contributed by atoms with E-state index in [1.54, 1.807) is 18.3 Å². The van der Waals surface area contributed by atoms with Crippen molar-refractivity contribution in [3.8, 4) is 5.88 Å². The number of amides is 1. The molecule has 7 heteroatoms. The Kier molecular flexibility index (Phi) is 6.14. The Morgan fingerprint density at radius 2 is 2.08 bits per heavy atom. The van der Waals surface area contributed by atoms with Crippen LogP contribution in [0, 0.1) is 12.8 Å². The number of nitrogens with one attached hydrogen (secondary N) is 1. The average Bonchev–Trinajstić information content (AvgIpc) is 2.57. The first kappa shape index (κ1) is 18.9. The van der Waals surface area contributed by atoms with Gasteiger partial charge < -0.3 is 15.3 Å². The van der Waals surface area contributed by atoms with Crippen LogP contribution in [0.25, 0.3) is 5.65 Å². The largest absolute Gasteiger partial charge is 0.493 e. The topological polar surface area (TPSA) is 86.9 Å². The predicted molar refractivity (Wildman–Crippen MR) is 97.1 cm³/mol. The molecule has 0 aliphatic rings. The summed E-state index contributed by atoms with van der Waals surface area (Å²) in [6.45, 7) is 11.3. The van der Waals surface area contributed by atoms with Crippen molar-refractivity contribution in [2.45, 2.75) is 27.7 Å². The summed E-state index contributed by atoms with van der Waals surface area (Å²) in [6.07, 6.45) is 1.55. The van der Waals surface area contributed by atoms with Crippen LogP contribution in [0.5, 0.6) is 5.88 Å². The van der Waals surface area contributed by atoms with Crippen molar-refractivity contribution in [3.05, 3.63) is 39.8 Å². The van der Waals surface area contributed by atoms with Gasteiger partial charge in [0, 0.05) is 19.3 Å². The monoisotopic (exact) mass is 346 g/mol. The first-order chi connectivity index (χ1) is 11.9. The Morgan fingerprint density at radius 1 is 1.40 bits per heavy atom. The van der Waals surface area contributed by atoms with Crippen LogP contribution in [0.15, 0.2) is 23.1 Å². The first-order valence-corrected chi connectivity index (χ1v) is 8.59. The van der Waals surface area contributed by atoms with Crippen molar-refractivity contribution >= 4 is 11.6 Å². The SMILES string of the molecule is CCN(CC)C[C@@H](C)CNC(=O)c1c(O)nc2cc(C)ccn2c1=O. The number of pyridine rings is 1. The Morgan fingerprint density at radius 3 is 2.72 bits per heavy atom. The number of rotatable bonds is 7. The zero-order valence-corrected chi connectivity index (χ0v) is 15.2. The van der Waals surface area contributed by atoms with E-state index in [9.17, 15) is 14.7 Å². The Hall–Kier alpha value is -2.41. The van der Waals surface area contributed by atoms with Crippen LogP contribution in [0.1, 0.15) is 36.7 Å². The standard InChI is InChI=1S/C18H26N4O3/c1-5-21(6-2)11-13(4)10-19-16(23)15-17(24)20-14-9-12(3)7-8-22(14)18(15)25/h7-9,13,24H,5-6,10-11H2,1-4H3,(H,19,23)/t13-/m0/s1. The molecule has 2 N–H and O–H groups in total. The average molecular weight is 346 g/mol. The van der Waals surface area contributed by atoms with E-state index in [0.29, 0.717) is 12.2 Å². The Balaban J connectivity index is 2.17. The van der Waals surface area contributed by atoms with E-state index in [2.05, 4.69) is 29.0 Å². The quantitative estimate of drug-likeness (QED) is 0.792. The van der Waals surface area contributed by atoms with E-state index in [0.717, 1.165) is 25.2 Å². The highest BCUT2D eigenvalue weighted by molar-refractivity contribution is 5.96. The van der Waals surface area contributed by atoms with Gasteiger partial charge in [0.15, 0.2) is 5.56 Å². The summed E-state index contributed by atoms with van der Waals surface area (Å²) in [5.74, 6) is -0.911. The molecule has 0 aliphatic heterocycles. The lowest BCUT2D eigenvalue weighted by molar-refractivity contribution is 0.0939. The van der Waals surface area contributed by atoms with Crippen LogP contribution >= 0.6 is 0 Å². The minimum atomic E-state index is -0.601. The molecule has 0 spiro atoms. The fraction of sp³-hybridized carbons (Fsp3) is 0.500. The predicted octanol–water partition coefficient (Wildman–Crippen LogP) is 1.42.